The average Bonchev–Trinajstić information content (AvgIpc) is 2.75. The van der Waals surface area contributed by atoms with Crippen LogP contribution in [-0.4, -0.2) is 24.9 Å². The first-order chi connectivity index (χ1) is 14.1. The Morgan fingerprint density at radius 2 is 1.45 bits per heavy atom. The van der Waals surface area contributed by atoms with Crippen LogP contribution in [0.25, 0.3) is 0 Å². The molecule has 1 heterocycles. The lowest BCUT2D eigenvalue weighted by Crippen LogP contribution is -2.25. The van der Waals surface area contributed by atoms with Gasteiger partial charge < -0.3 is 9.64 Å². The Kier molecular flexibility index (Phi) is 5.62. The van der Waals surface area contributed by atoms with Gasteiger partial charge in [0.2, 0.25) is 5.78 Å². The maximum Gasteiger partial charge on any atom is 0.308 e. The molecule has 0 fully saturated rings. The maximum absolute atomic E-state index is 13.7. The zero-order valence-corrected chi connectivity index (χ0v) is 16.3. The molecule has 3 aromatic carbocycles. The van der Waals surface area contributed by atoms with E-state index in [-0.39, 0.29) is 12.0 Å². The Bertz CT molecular complexity index is 1020. The van der Waals surface area contributed by atoms with Gasteiger partial charge in [-0.1, -0.05) is 48.2 Å². The van der Waals surface area contributed by atoms with Gasteiger partial charge in [-0.15, -0.1) is 0 Å². The van der Waals surface area contributed by atoms with Gasteiger partial charge in [0.25, 0.3) is 0 Å². The molecule has 4 nitrogen and oxygen atoms in total. The van der Waals surface area contributed by atoms with Crippen molar-refractivity contribution >= 4 is 34.9 Å². The fourth-order valence-corrected chi connectivity index (χ4v) is 4.30. The minimum atomic E-state index is -0.618. The number of ether oxygens (including phenoxy) is 1. The summed E-state index contributed by atoms with van der Waals surface area (Å²) < 4.78 is 18.8. The second-order valence-corrected chi connectivity index (χ2v) is 7.59. The monoisotopic (exact) mass is 407 g/mol. The standard InChI is InChI=1S/C23H18FNO3S/c24-17-8-2-1-7-16(17)20(26)15-28-23(27)13-14-25-18-9-3-5-11-21(18)29-22-12-6-4-10-19(22)25/h1-12H,13-15H2. The van der Waals surface area contributed by atoms with Crippen LogP contribution < -0.4 is 4.90 Å². The number of hydrogen-bond acceptors (Lipinski definition) is 5. The van der Waals surface area contributed by atoms with Gasteiger partial charge >= 0.3 is 5.97 Å². The Hall–Kier alpha value is -3.12. The Labute approximate surface area is 172 Å². The van der Waals surface area contributed by atoms with Gasteiger partial charge in [-0.3, -0.25) is 9.59 Å². The summed E-state index contributed by atoms with van der Waals surface area (Å²) in [6, 6.07) is 21.7. The van der Waals surface area contributed by atoms with E-state index in [1.807, 2.05) is 48.5 Å². The minimum absolute atomic E-state index is 0.0730. The van der Waals surface area contributed by atoms with Crippen molar-refractivity contribution in [3.05, 3.63) is 84.2 Å². The third kappa shape index (κ3) is 4.17. The smallest absolute Gasteiger partial charge is 0.308 e. The molecule has 0 aliphatic carbocycles. The van der Waals surface area contributed by atoms with Crippen LogP contribution in [0.1, 0.15) is 16.8 Å². The van der Waals surface area contributed by atoms with Gasteiger partial charge in [0, 0.05) is 16.3 Å². The SMILES string of the molecule is O=C(CCN1c2ccccc2Sc2ccccc21)OCC(=O)c1ccccc1F. The molecule has 146 valence electrons. The van der Waals surface area contributed by atoms with Crippen molar-refractivity contribution in [2.45, 2.75) is 16.2 Å². The number of benzene rings is 3. The Morgan fingerprint density at radius 3 is 2.10 bits per heavy atom. The largest absolute Gasteiger partial charge is 0.457 e. The van der Waals surface area contributed by atoms with E-state index in [1.165, 1.54) is 18.2 Å². The first-order valence-electron chi connectivity index (χ1n) is 9.20. The fraction of sp³-hybridized carbons (Fsp3) is 0.130. The van der Waals surface area contributed by atoms with Gasteiger partial charge in [-0.2, -0.15) is 0 Å². The minimum Gasteiger partial charge on any atom is -0.457 e. The summed E-state index contributed by atoms with van der Waals surface area (Å²) in [5.41, 5.74) is 1.99. The average molecular weight is 407 g/mol. The third-order valence-corrected chi connectivity index (χ3v) is 5.74. The zero-order valence-electron chi connectivity index (χ0n) is 15.5. The highest BCUT2D eigenvalue weighted by Crippen LogP contribution is 2.47. The number of fused-ring (bicyclic) bond motifs is 2. The summed E-state index contributed by atoms with van der Waals surface area (Å²) in [6.07, 6.45) is 0.109. The lowest BCUT2D eigenvalue weighted by Gasteiger charge is -2.32. The van der Waals surface area contributed by atoms with Crippen LogP contribution >= 0.6 is 11.8 Å². The van der Waals surface area contributed by atoms with E-state index in [9.17, 15) is 14.0 Å². The van der Waals surface area contributed by atoms with Gasteiger partial charge in [-0.25, -0.2) is 4.39 Å². The molecule has 0 N–H and O–H groups in total. The third-order valence-electron chi connectivity index (χ3n) is 4.61. The number of ketones is 1. The van der Waals surface area contributed by atoms with E-state index >= 15 is 0 Å². The van der Waals surface area contributed by atoms with Crippen molar-refractivity contribution < 1.29 is 18.7 Å². The van der Waals surface area contributed by atoms with Gasteiger partial charge in [0.15, 0.2) is 6.61 Å². The van der Waals surface area contributed by atoms with Gasteiger partial charge in [-0.05, 0) is 36.4 Å². The van der Waals surface area contributed by atoms with Crippen molar-refractivity contribution in [2.24, 2.45) is 0 Å². The van der Waals surface area contributed by atoms with Crippen LogP contribution in [0, 0.1) is 5.82 Å². The van der Waals surface area contributed by atoms with Gasteiger partial charge in [0.05, 0.1) is 23.4 Å². The molecule has 3 aromatic rings. The topological polar surface area (TPSA) is 46.6 Å². The van der Waals surface area contributed by atoms with Crippen LogP contribution in [0.15, 0.2) is 82.6 Å². The molecule has 0 unspecified atom stereocenters. The first kappa shape index (κ1) is 19.2. The summed E-state index contributed by atoms with van der Waals surface area (Å²) >= 11 is 1.70. The van der Waals surface area contributed by atoms with Crippen LogP contribution in [-0.2, 0) is 9.53 Å². The summed E-state index contributed by atoms with van der Waals surface area (Å²) in [5.74, 6) is -1.67. The summed E-state index contributed by atoms with van der Waals surface area (Å²) in [7, 11) is 0. The lowest BCUT2D eigenvalue weighted by atomic mass is 10.1. The van der Waals surface area contributed by atoms with Crippen molar-refractivity contribution in [1.82, 2.24) is 0 Å². The van der Waals surface area contributed by atoms with E-state index in [0.717, 1.165) is 21.2 Å². The number of halogens is 1. The van der Waals surface area contributed by atoms with E-state index in [4.69, 9.17) is 4.74 Å². The van der Waals surface area contributed by atoms with E-state index in [2.05, 4.69) is 4.90 Å². The highest BCUT2D eigenvalue weighted by Gasteiger charge is 2.23. The molecule has 0 atom stereocenters. The molecule has 0 amide bonds. The summed E-state index contributed by atoms with van der Waals surface area (Å²) in [5, 5.41) is 0. The number of carbonyl (C=O) groups excluding carboxylic acids is 2. The number of rotatable bonds is 6. The molecule has 29 heavy (non-hydrogen) atoms. The molecular weight excluding hydrogens is 389 g/mol. The number of para-hydroxylation sites is 2. The Balaban J connectivity index is 1.41. The number of hydrogen-bond donors (Lipinski definition) is 0. The van der Waals surface area contributed by atoms with Crippen molar-refractivity contribution in [1.29, 1.82) is 0 Å². The molecule has 0 aromatic heterocycles. The van der Waals surface area contributed by atoms with Crippen LogP contribution in [0.3, 0.4) is 0 Å². The van der Waals surface area contributed by atoms with E-state index in [1.54, 1.807) is 17.8 Å². The molecule has 1 aliphatic rings. The maximum atomic E-state index is 13.7. The molecule has 0 bridgehead atoms. The molecular formula is C23H18FNO3S. The summed E-state index contributed by atoms with van der Waals surface area (Å²) in [6.45, 7) is -0.0515. The van der Waals surface area contributed by atoms with Gasteiger partial charge in [0.1, 0.15) is 5.82 Å². The van der Waals surface area contributed by atoms with Crippen molar-refractivity contribution in [3.8, 4) is 0 Å². The summed E-state index contributed by atoms with van der Waals surface area (Å²) in [4.78, 5) is 28.6. The van der Waals surface area contributed by atoms with Crippen molar-refractivity contribution in [2.75, 3.05) is 18.1 Å². The zero-order chi connectivity index (χ0) is 20.2. The molecule has 0 radical (unpaired) electrons. The van der Waals surface area contributed by atoms with Crippen LogP contribution in [0.5, 0.6) is 0 Å². The molecule has 0 saturated heterocycles. The fourth-order valence-electron chi connectivity index (χ4n) is 3.21. The predicted octanol–water partition coefficient (Wildman–Crippen LogP) is 5.24. The molecule has 6 heteroatoms. The molecule has 0 spiro atoms. The number of esters is 1. The quantitative estimate of drug-likeness (QED) is 0.413. The van der Waals surface area contributed by atoms with Crippen LogP contribution in [0.4, 0.5) is 15.8 Å². The number of nitrogens with zero attached hydrogens (tertiary/aromatic N) is 1. The van der Waals surface area contributed by atoms with E-state index < -0.39 is 24.2 Å². The van der Waals surface area contributed by atoms with E-state index in [0.29, 0.717) is 6.54 Å². The molecule has 4 rings (SSSR count). The highest BCUT2D eigenvalue weighted by atomic mass is 32.2. The van der Waals surface area contributed by atoms with Crippen LogP contribution in [0.2, 0.25) is 0 Å². The second kappa shape index (κ2) is 8.49. The number of Topliss-reactive ketones (excluding diaryl/α,β-unsaturated/α-hetero) is 1. The Morgan fingerprint density at radius 1 is 0.862 bits per heavy atom. The van der Waals surface area contributed by atoms with Crippen molar-refractivity contribution in [3.63, 3.8) is 0 Å². The highest BCUT2D eigenvalue weighted by molar-refractivity contribution is 7.99. The lowest BCUT2D eigenvalue weighted by molar-refractivity contribution is -0.142. The number of carbonyl (C=O) groups is 2. The first-order valence-corrected chi connectivity index (χ1v) is 10.0. The number of anilines is 2. The second-order valence-electron chi connectivity index (χ2n) is 6.50. The predicted molar refractivity (Wildman–Crippen MR) is 110 cm³/mol. The normalized spacial score (nSPS) is 12.1. The molecule has 0 saturated carbocycles. The molecule has 1 aliphatic heterocycles.